The SMILES string of the molecule is CCNCC1CCN(C2CC(C)CC(C)(C)C2)CC1. The molecule has 1 N–H and O–H groups in total. The van der Waals surface area contributed by atoms with Crippen molar-refractivity contribution < 1.29 is 0 Å². The molecule has 2 heteroatoms. The van der Waals surface area contributed by atoms with Crippen molar-refractivity contribution in [3.8, 4) is 0 Å². The molecule has 19 heavy (non-hydrogen) atoms. The normalized spacial score (nSPS) is 33.5. The van der Waals surface area contributed by atoms with Gasteiger partial charge >= 0.3 is 0 Å². The Morgan fingerprint density at radius 1 is 1.16 bits per heavy atom. The first-order chi connectivity index (χ1) is 9.00. The highest BCUT2D eigenvalue weighted by Gasteiger charge is 2.35. The molecule has 0 aromatic rings. The van der Waals surface area contributed by atoms with E-state index >= 15 is 0 Å². The third kappa shape index (κ3) is 4.46. The highest BCUT2D eigenvalue weighted by atomic mass is 15.2. The van der Waals surface area contributed by atoms with Gasteiger partial charge in [0.15, 0.2) is 0 Å². The molecule has 1 heterocycles. The van der Waals surface area contributed by atoms with Crippen LogP contribution in [0.15, 0.2) is 0 Å². The van der Waals surface area contributed by atoms with Gasteiger partial charge in [-0.15, -0.1) is 0 Å². The van der Waals surface area contributed by atoms with E-state index in [-0.39, 0.29) is 0 Å². The predicted molar refractivity (Wildman–Crippen MR) is 83.4 cm³/mol. The molecule has 1 aliphatic heterocycles. The fourth-order valence-corrected chi connectivity index (χ4v) is 4.44. The van der Waals surface area contributed by atoms with Gasteiger partial charge in [-0.05, 0) is 75.5 Å². The van der Waals surface area contributed by atoms with E-state index in [4.69, 9.17) is 0 Å². The third-order valence-electron chi connectivity index (χ3n) is 5.21. The second-order valence-corrected chi connectivity index (χ2v) is 7.85. The lowest BCUT2D eigenvalue weighted by Crippen LogP contribution is -2.47. The Labute approximate surface area is 120 Å². The lowest BCUT2D eigenvalue weighted by Gasteiger charge is -2.46. The summed E-state index contributed by atoms with van der Waals surface area (Å²) in [7, 11) is 0. The molecule has 2 unspecified atom stereocenters. The minimum atomic E-state index is 0.558. The van der Waals surface area contributed by atoms with Crippen molar-refractivity contribution in [2.45, 2.75) is 65.8 Å². The monoisotopic (exact) mass is 266 g/mol. The first-order valence-electron chi connectivity index (χ1n) is 8.45. The Morgan fingerprint density at radius 2 is 1.84 bits per heavy atom. The zero-order valence-corrected chi connectivity index (χ0v) is 13.5. The smallest absolute Gasteiger partial charge is 0.0103 e. The molecule has 1 saturated heterocycles. The van der Waals surface area contributed by atoms with Crippen molar-refractivity contribution in [2.75, 3.05) is 26.2 Å². The quantitative estimate of drug-likeness (QED) is 0.837. The van der Waals surface area contributed by atoms with Crippen molar-refractivity contribution in [1.82, 2.24) is 10.2 Å². The van der Waals surface area contributed by atoms with Gasteiger partial charge in [-0.25, -0.2) is 0 Å². The van der Waals surface area contributed by atoms with E-state index in [1.807, 2.05) is 0 Å². The number of nitrogens with one attached hydrogen (secondary N) is 1. The van der Waals surface area contributed by atoms with Crippen LogP contribution in [0.4, 0.5) is 0 Å². The van der Waals surface area contributed by atoms with Crippen LogP contribution in [0.2, 0.25) is 0 Å². The molecule has 112 valence electrons. The number of hydrogen-bond acceptors (Lipinski definition) is 2. The average Bonchev–Trinajstić information content (AvgIpc) is 2.34. The predicted octanol–water partition coefficient (Wildman–Crippen LogP) is 3.52. The maximum Gasteiger partial charge on any atom is 0.0103 e. The van der Waals surface area contributed by atoms with Crippen LogP contribution in [-0.2, 0) is 0 Å². The molecule has 0 aromatic heterocycles. The topological polar surface area (TPSA) is 15.3 Å². The fourth-order valence-electron chi connectivity index (χ4n) is 4.44. The first-order valence-corrected chi connectivity index (χ1v) is 8.45. The lowest BCUT2D eigenvalue weighted by atomic mass is 9.70. The van der Waals surface area contributed by atoms with Gasteiger partial charge in [0, 0.05) is 6.04 Å². The summed E-state index contributed by atoms with van der Waals surface area (Å²) >= 11 is 0. The summed E-state index contributed by atoms with van der Waals surface area (Å²) in [6.45, 7) is 14.6. The van der Waals surface area contributed by atoms with Crippen LogP contribution < -0.4 is 5.32 Å². The van der Waals surface area contributed by atoms with E-state index in [0.717, 1.165) is 24.4 Å². The summed E-state index contributed by atoms with van der Waals surface area (Å²) < 4.78 is 0. The Balaban J connectivity index is 1.80. The van der Waals surface area contributed by atoms with Gasteiger partial charge in [-0.1, -0.05) is 27.7 Å². The molecule has 0 aromatic carbocycles. The molecule has 2 aliphatic rings. The van der Waals surface area contributed by atoms with E-state index in [0.29, 0.717) is 5.41 Å². The average molecular weight is 266 g/mol. The largest absolute Gasteiger partial charge is 0.317 e. The summed E-state index contributed by atoms with van der Waals surface area (Å²) in [5, 5.41) is 3.51. The van der Waals surface area contributed by atoms with Crippen molar-refractivity contribution >= 4 is 0 Å². The van der Waals surface area contributed by atoms with E-state index in [2.05, 4.69) is 37.9 Å². The molecule has 0 amide bonds. The Kier molecular flexibility index (Phi) is 5.30. The van der Waals surface area contributed by atoms with Gasteiger partial charge < -0.3 is 10.2 Å². The standard InChI is InChI=1S/C17H34N2/c1-5-18-13-15-6-8-19(9-7-15)16-10-14(2)11-17(3,4)12-16/h14-16,18H,5-13H2,1-4H3. The molecule has 2 fully saturated rings. The van der Waals surface area contributed by atoms with Crippen molar-refractivity contribution in [3.05, 3.63) is 0 Å². The third-order valence-corrected chi connectivity index (χ3v) is 5.21. The number of nitrogens with zero attached hydrogens (tertiary/aromatic N) is 1. The second-order valence-electron chi connectivity index (χ2n) is 7.85. The van der Waals surface area contributed by atoms with Crippen LogP contribution in [0.1, 0.15) is 59.8 Å². The van der Waals surface area contributed by atoms with E-state index in [9.17, 15) is 0 Å². The van der Waals surface area contributed by atoms with Crippen LogP contribution in [0.25, 0.3) is 0 Å². The fraction of sp³-hybridized carbons (Fsp3) is 1.00. The Morgan fingerprint density at radius 3 is 2.42 bits per heavy atom. The van der Waals surface area contributed by atoms with Crippen molar-refractivity contribution in [3.63, 3.8) is 0 Å². The number of piperidine rings is 1. The van der Waals surface area contributed by atoms with E-state index < -0.39 is 0 Å². The second kappa shape index (κ2) is 6.58. The maximum atomic E-state index is 3.51. The minimum absolute atomic E-state index is 0.558. The summed E-state index contributed by atoms with van der Waals surface area (Å²) in [4.78, 5) is 2.81. The summed E-state index contributed by atoms with van der Waals surface area (Å²) in [5.74, 6) is 1.83. The molecule has 2 nitrogen and oxygen atoms in total. The number of likely N-dealkylation sites (tertiary alicyclic amines) is 1. The lowest BCUT2D eigenvalue weighted by molar-refractivity contribution is 0.0444. The summed E-state index contributed by atoms with van der Waals surface area (Å²) in [6.07, 6.45) is 7.06. The molecule has 0 radical (unpaired) electrons. The minimum Gasteiger partial charge on any atom is -0.317 e. The molecule has 1 aliphatic carbocycles. The van der Waals surface area contributed by atoms with Crippen LogP contribution >= 0.6 is 0 Å². The van der Waals surface area contributed by atoms with Crippen LogP contribution in [-0.4, -0.2) is 37.1 Å². The van der Waals surface area contributed by atoms with Gasteiger partial charge in [-0.2, -0.15) is 0 Å². The summed E-state index contributed by atoms with van der Waals surface area (Å²) in [5.41, 5.74) is 0.558. The molecule has 0 spiro atoms. The van der Waals surface area contributed by atoms with Gasteiger partial charge in [0.2, 0.25) is 0 Å². The van der Waals surface area contributed by atoms with Crippen molar-refractivity contribution in [1.29, 1.82) is 0 Å². The van der Waals surface area contributed by atoms with Gasteiger partial charge in [0.1, 0.15) is 0 Å². The van der Waals surface area contributed by atoms with Crippen molar-refractivity contribution in [2.24, 2.45) is 17.3 Å². The maximum absolute atomic E-state index is 3.51. The molecule has 1 saturated carbocycles. The van der Waals surface area contributed by atoms with E-state index in [1.54, 1.807) is 0 Å². The van der Waals surface area contributed by atoms with Crippen LogP contribution in [0.3, 0.4) is 0 Å². The van der Waals surface area contributed by atoms with Gasteiger partial charge in [0.05, 0.1) is 0 Å². The Hall–Kier alpha value is -0.0800. The van der Waals surface area contributed by atoms with Gasteiger partial charge in [-0.3, -0.25) is 0 Å². The highest BCUT2D eigenvalue weighted by Crippen LogP contribution is 2.41. The molecule has 0 bridgehead atoms. The molecule has 2 rings (SSSR count). The first kappa shape index (κ1) is 15.3. The van der Waals surface area contributed by atoms with Crippen LogP contribution in [0, 0.1) is 17.3 Å². The molecular weight excluding hydrogens is 232 g/mol. The van der Waals surface area contributed by atoms with Gasteiger partial charge in [0.25, 0.3) is 0 Å². The van der Waals surface area contributed by atoms with E-state index in [1.165, 1.54) is 51.7 Å². The zero-order chi connectivity index (χ0) is 13.9. The summed E-state index contributed by atoms with van der Waals surface area (Å²) in [6, 6.07) is 0.860. The van der Waals surface area contributed by atoms with Crippen LogP contribution in [0.5, 0.6) is 0 Å². The number of rotatable bonds is 4. The number of hydrogen-bond donors (Lipinski definition) is 1. The molecular formula is C17H34N2. The Bertz CT molecular complexity index is 266. The molecule has 2 atom stereocenters. The highest BCUT2D eigenvalue weighted by molar-refractivity contribution is 4.89. The zero-order valence-electron chi connectivity index (χ0n) is 13.5.